The zero-order valence-electron chi connectivity index (χ0n) is 42.9. The molecule has 23 heteroatoms. The van der Waals surface area contributed by atoms with Crippen LogP contribution < -0.4 is 29.0 Å². The number of hydrogen-bond acceptors (Lipinski definition) is 18. The Kier molecular flexibility index (Phi) is 17.8. The third kappa shape index (κ3) is 13.8. The highest BCUT2D eigenvalue weighted by molar-refractivity contribution is 7.91. The molecule has 0 radical (unpaired) electrons. The first-order valence-corrected chi connectivity index (χ1v) is 27.7. The lowest BCUT2D eigenvalue weighted by Gasteiger charge is -2.36. The summed E-state index contributed by atoms with van der Waals surface area (Å²) in [4.78, 5) is 42.3. The van der Waals surface area contributed by atoms with Gasteiger partial charge in [0, 0.05) is 13.3 Å². The number of hydrogen-bond donors (Lipinski definition) is 2. The number of aryl methyl sites for hydroxylation is 1. The van der Waals surface area contributed by atoms with Crippen molar-refractivity contribution >= 4 is 59.5 Å². The fraction of sp³-hybridized carbons (Fsp3) is 0.236. The van der Waals surface area contributed by atoms with Gasteiger partial charge in [0.2, 0.25) is 10.2 Å². The molecule has 2 N–H and O–H groups in total. The number of rotatable bonds is 25. The van der Waals surface area contributed by atoms with Gasteiger partial charge in [-0.3, -0.25) is 13.8 Å². The van der Waals surface area contributed by atoms with Crippen molar-refractivity contribution in [2.75, 3.05) is 34.5 Å². The van der Waals surface area contributed by atoms with Gasteiger partial charge in [-0.05, 0) is 95.9 Å². The maximum atomic E-state index is 14.6. The van der Waals surface area contributed by atoms with Crippen LogP contribution in [-0.2, 0) is 73.3 Å². The maximum Gasteiger partial charge on any atom is 0.328 e. The number of benzene rings is 6. The number of aromatic nitrogens is 4. The van der Waals surface area contributed by atoms with Crippen molar-refractivity contribution in [3.05, 3.63) is 185 Å². The summed E-state index contributed by atoms with van der Waals surface area (Å²) in [7, 11) is -4.15. The van der Waals surface area contributed by atoms with Gasteiger partial charge in [0.1, 0.15) is 66.6 Å². The highest BCUT2D eigenvalue weighted by atomic mass is 32.2. The van der Waals surface area contributed by atoms with E-state index in [0.29, 0.717) is 61.2 Å². The first kappa shape index (κ1) is 56.0. The van der Waals surface area contributed by atoms with Crippen molar-refractivity contribution < 1.29 is 63.8 Å². The van der Waals surface area contributed by atoms with Crippen LogP contribution in [0, 0.1) is 6.92 Å². The van der Waals surface area contributed by atoms with Crippen molar-refractivity contribution in [1.82, 2.24) is 30.0 Å². The number of sulfonamides is 1. The Balaban J connectivity index is 0.877. The molecule has 0 spiro atoms. The second-order valence-electron chi connectivity index (χ2n) is 17.6. The summed E-state index contributed by atoms with van der Waals surface area (Å²) in [5, 5.41) is 10.9. The van der Waals surface area contributed by atoms with Gasteiger partial charge in [0.25, 0.3) is 20.1 Å². The van der Waals surface area contributed by atoms with E-state index in [1.165, 1.54) is 37.0 Å². The van der Waals surface area contributed by atoms with Crippen LogP contribution >= 0.6 is 11.3 Å². The zero-order chi connectivity index (χ0) is 55.5. The average Bonchev–Trinajstić information content (AvgIpc) is 4.19. The molecule has 1 unspecified atom stereocenters. The Labute approximate surface area is 454 Å². The molecule has 2 aromatic heterocycles. The summed E-state index contributed by atoms with van der Waals surface area (Å²) >= 11 is 0.975. The van der Waals surface area contributed by atoms with E-state index in [2.05, 4.69) is 25.3 Å². The highest BCUT2D eigenvalue weighted by Gasteiger charge is 2.42. The Morgan fingerprint density at radius 3 is 1.95 bits per heavy atom. The smallest absolute Gasteiger partial charge is 0.328 e. The minimum Gasteiger partial charge on any atom is -0.497 e. The Hall–Kier alpha value is -8.22. The van der Waals surface area contributed by atoms with Crippen molar-refractivity contribution in [2.24, 2.45) is 0 Å². The molecule has 0 saturated carbocycles. The van der Waals surface area contributed by atoms with E-state index in [-0.39, 0.29) is 35.4 Å². The third-order valence-corrected chi connectivity index (χ3v) is 16.2. The van der Waals surface area contributed by atoms with Gasteiger partial charge in [-0.1, -0.05) is 89.6 Å². The van der Waals surface area contributed by atoms with Crippen LogP contribution in [0.5, 0.6) is 23.0 Å². The number of ether oxygens (including phenoxy) is 6. The molecule has 0 saturated heterocycles. The van der Waals surface area contributed by atoms with Gasteiger partial charge in [-0.2, -0.15) is 13.1 Å². The molecule has 2 atom stereocenters. The lowest BCUT2D eigenvalue weighted by molar-refractivity contribution is -0.149. The van der Waals surface area contributed by atoms with Gasteiger partial charge in [-0.25, -0.2) is 22.9 Å². The Morgan fingerprint density at radius 2 is 1.33 bits per heavy atom. The number of amides is 1. The zero-order valence-corrected chi connectivity index (χ0v) is 45.3. The largest absolute Gasteiger partial charge is 0.497 e. The first-order chi connectivity index (χ1) is 37.5. The molecular weight excluding hydrogens is 1060 g/mol. The quantitative estimate of drug-likeness (QED) is 0.0344. The number of carbonyl (C=O) groups excluding carboxylic acids is 3. The molecule has 0 bridgehead atoms. The summed E-state index contributed by atoms with van der Waals surface area (Å²) in [6, 6.07) is 40.2. The molecule has 8 rings (SSSR count). The van der Waals surface area contributed by atoms with Crippen molar-refractivity contribution in [3.63, 3.8) is 0 Å². The Morgan fingerprint density at radius 1 is 0.718 bits per heavy atom. The second kappa shape index (κ2) is 24.8. The van der Waals surface area contributed by atoms with E-state index in [1.54, 1.807) is 93.1 Å². The van der Waals surface area contributed by atoms with Crippen molar-refractivity contribution in [3.8, 4) is 23.0 Å². The highest BCUT2D eigenvalue weighted by Crippen LogP contribution is 2.41. The van der Waals surface area contributed by atoms with Gasteiger partial charge in [-0.15, -0.1) is 16.4 Å². The number of thiazole rings is 1. The van der Waals surface area contributed by atoms with E-state index in [1.807, 2.05) is 61.5 Å². The number of methoxy groups -OCH3 is 3. The van der Waals surface area contributed by atoms with Crippen LogP contribution in [-0.4, -0.2) is 101 Å². The summed E-state index contributed by atoms with van der Waals surface area (Å²) < 4.78 is 97.5. The molecule has 78 heavy (non-hydrogen) atoms. The summed E-state index contributed by atoms with van der Waals surface area (Å²) in [6.07, 6.45) is 0.501. The normalized spacial score (nSPS) is 12.5. The van der Waals surface area contributed by atoms with Gasteiger partial charge in [0.15, 0.2) is 6.10 Å². The predicted octanol–water partition coefficient (Wildman–Crippen LogP) is 6.68. The van der Waals surface area contributed by atoms with Gasteiger partial charge in [0.05, 0.1) is 42.6 Å². The van der Waals surface area contributed by atoms with Crippen molar-refractivity contribution in [1.29, 1.82) is 0 Å². The molecule has 0 fully saturated rings. The average molecular weight is 1120 g/mol. The molecule has 6 aromatic carbocycles. The van der Waals surface area contributed by atoms with Crippen LogP contribution in [0.15, 0.2) is 161 Å². The molecule has 0 aliphatic rings. The fourth-order valence-corrected chi connectivity index (χ4v) is 11.7. The number of fused-ring (bicyclic) bond motifs is 1. The molecule has 8 aromatic rings. The summed E-state index contributed by atoms with van der Waals surface area (Å²) in [6.45, 7) is 1.93. The molecule has 20 nitrogen and oxygen atoms in total. The van der Waals surface area contributed by atoms with Crippen LogP contribution in [0.25, 0.3) is 10.2 Å². The summed E-state index contributed by atoms with van der Waals surface area (Å²) in [5.41, 5.74) is 2.80. The second-order valence-corrected chi connectivity index (χ2v) is 22.1. The number of carbonyl (C=O) groups is 3. The number of esters is 2. The third-order valence-electron chi connectivity index (χ3n) is 12.1. The molecule has 0 aliphatic heterocycles. The summed E-state index contributed by atoms with van der Waals surface area (Å²) in [5.74, 6) is 0.0311. The Bertz CT molecular complexity index is 3530. The van der Waals surface area contributed by atoms with E-state index < -0.39 is 62.3 Å². The lowest BCUT2D eigenvalue weighted by atomic mass is 9.78. The predicted molar refractivity (Wildman–Crippen MR) is 286 cm³/mol. The van der Waals surface area contributed by atoms with Crippen molar-refractivity contribution in [2.45, 2.75) is 60.3 Å². The minimum atomic E-state index is -4.34. The standard InChI is InChI=1S/C55H54N6O14S3/c1-36-11-26-48(27-12-36)78(67,68)74-35-47(75-37(2)62)34-73-45-19-13-38(14-20-45)29-50(53(64)71-5)56-52(63)32-61-31-42(58-60-61)33-72-46-25-28-49-51(30-46)76-54(57-49)77(65,66)59-55(39-9-7-6-8-10-39,40-15-21-43(69-3)22-16-40)41-17-23-44(70-4)24-18-41/h6-28,30-31,47,50,59H,29,32-35H2,1-5H3,(H,56,63)/t47-,50?/m0/s1. The minimum absolute atomic E-state index is 0.0457. The molecule has 2 heterocycles. The molecule has 406 valence electrons. The number of nitrogens with zero attached hydrogens (tertiary/aromatic N) is 4. The van der Waals surface area contributed by atoms with Crippen LogP contribution in [0.4, 0.5) is 0 Å². The molecule has 1 amide bonds. The SMILES string of the molecule is COC(=O)C(Cc1ccc(OC[C@@H](COS(=O)(=O)c2ccc(C)cc2)OC(C)=O)cc1)NC(=O)Cn1cc(COc2ccc3nc(S(=O)(=O)NC(c4ccccc4)(c4ccc(OC)cc4)c4ccc(OC)cc4)sc3c2)nn1. The molecular formula is C55H54N6O14S3. The van der Waals surface area contributed by atoms with E-state index >= 15 is 0 Å². The maximum absolute atomic E-state index is 14.6. The number of nitrogens with one attached hydrogen (secondary N) is 2. The first-order valence-electron chi connectivity index (χ1n) is 24.0. The van der Waals surface area contributed by atoms with Gasteiger partial charge < -0.3 is 33.7 Å². The van der Waals surface area contributed by atoms with Crippen LogP contribution in [0.1, 0.15) is 40.4 Å². The van der Waals surface area contributed by atoms with E-state index in [0.717, 1.165) is 16.9 Å². The van der Waals surface area contributed by atoms with E-state index in [4.69, 9.17) is 32.6 Å². The monoisotopic (exact) mass is 1120 g/mol. The lowest BCUT2D eigenvalue weighted by Crippen LogP contribution is -2.47. The van der Waals surface area contributed by atoms with E-state index in [9.17, 15) is 31.2 Å². The van der Waals surface area contributed by atoms with Crippen LogP contribution in [0.2, 0.25) is 0 Å². The topological polar surface area (TPSA) is 252 Å². The fourth-order valence-electron chi connectivity index (χ4n) is 8.18. The van der Waals surface area contributed by atoms with Gasteiger partial charge >= 0.3 is 11.9 Å². The molecule has 0 aliphatic carbocycles. The van der Waals surface area contributed by atoms with Crippen LogP contribution in [0.3, 0.4) is 0 Å².